The third-order valence-electron chi connectivity index (χ3n) is 5.85. The van der Waals surface area contributed by atoms with E-state index in [2.05, 4.69) is 33.0 Å². The molecule has 0 heterocycles. The van der Waals surface area contributed by atoms with Crippen LogP contribution in [0.4, 0.5) is 0 Å². The van der Waals surface area contributed by atoms with E-state index in [1.165, 1.54) is 38.5 Å². The van der Waals surface area contributed by atoms with Gasteiger partial charge in [-0.1, -0.05) is 53.4 Å². The maximum Gasteiger partial charge on any atom is 0.220 e. The van der Waals surface area contributed by atoms with Gasteiger partial charge in [0.25, 0.3) is 0 Å². The summed E-state index contributed by atoms with van der Waals surface area (Å²) in [5.74, 6) is 0.826. The molecule has 3 nitrogen and oxygen atoms in total. The van der Waals surface area contributed by atoms with E-state index in [0.29, 0.717) is 12.3 Å². The zero-order valence-electron chi connectivity index (χ0n) is 13.7. The van der Waals surface area contributed by atoms with Crippen molar-refractivity contribution in [1.29, 1.82) is 0 Å². The molecular formula is C17H32N2O. The third-order valence-corrected chi connectivity index (χ3v) is 5.85. The highest BCUT2D eigenvalue weighted by atomic mass is 16.1. The van der Waals surface area contributed by atoms with Crippen molar-refractivity contribution in [2.24, 2.45) is 22.5 Å². The monoisotopic (exact) mass is 280 g/mol. The first kappa shape index (κ1) is 15.8. The van der Waals surface area contributed by atoms with Crippen LogP contribution in [-0.4, -0.2) is 18.0 Å². The van der Waals surface area contributed by atoms with E-state index in [1.54, 1.807) is 0 Å². The SMILES string of the molecule is CC1(C)C(N)C(C)(C)C1NC(=O)CC1CCCCCC1. The van der Waals surface area contributed by atoms with Gasteiger partial charge < -0.3 is 11.1 Å². The molecule has 2 saturated carbocycles. The van der Waals surface area contributed by atoms with Gasteiger partial charge in [0.15, 0.2) is 0 Å². The summed E-state index contributed by atoms with van der Waals surface area (Å²) in [5.41, 5.74) is 6.26. The van der Waals surface area contributed by atoms with Gasteiger partial charge in [-0.15, -0.1) is 0 Å². The fourth-order valence-corrected chi connectivity index (χ4v) is 4.60. The van der Waals surface area contributed by atoms with Crippen LogP contribution in [0.1, 0.15) is 72.6 Å². The van der Waals surface area contributed by atoms with Crippen LogP contribution >= 0.6 is 0 Å². The standard InChI is InChI=1S/C17H32N2O/c1-16(2)14(18)17(3,4)15(16)19-13(20)11-12-9-7-5-6-8-10-12/h12,14-15H,5-11,18H2,1-4H3,(H,19,20). The van der Waals surface area contributed by atoms with Crippen LogP contribution in [0.2, 0.25) is 0 Å². The highest BCUT2D eigenvalue weighted by Crippen LogP contribution is 2.52. The highest BCUT2D eigenvalue weighted by Gasteiger charge is 2.60. The summed E-state index contributed by atoms with van der Waals surface area (Å²) in [6.07, 6.45) is 8.43. The van der Waals surface area contributed by atoms with Crippen molar-refractivity contribution in [3.63, 3.8) is 0 Å². The van der Waals surface area contributed by atoms with Crippen molar-refractivity contribution in [2.45, 2.75) is 84.7 Å². The van der Waals surface area contributed by atoms with Crippen LogP contribution in [0.15, 0.2) is 0 Å². The summed E-state index contributed by atoms with van der Waals surface area (Å²) in [5, 5.41) is 3.28. The van der Waals surface area contributed by atoms with Crippen molar-refractivity contribution in [3.8, 4) is 0 Å². The molecule has 0 saturated heterocycles. The number of hydrogen-bond donors (Lipinski definition) is 2. The number of carbonyl (C=O) groups is 1. The van der Waals surface area contributed by atoms with Gasteiger partial charge in [-0.25, -0.2) is 0 Å². The largest absolute Gasteiger partial charge is 0.352 e. The second-order valence-electron chi connectivity index (χ2n) is 8.18. The van der Waals surface area contributed by atoms with Crippen molar-refractivity contribution in [2.75, 3.05) is 0 Å². The van der Waals surface area contributed by atoms with E-state index < -0.39 is 0 Å². The van der Waals surface area contributed by atoms with E-state index in [9.17, 15) is 4.79 Å². The summed E-state index contributed by atoms with van der Waals surface area (Å²) in [4.78, 5) is 12.4. The lowest BCUT2D eigenvalue weighted by Gasteiger charge is -2.63. The number of rotatable bonds is 3. The minimum atomic E-state index is 0.00259. The minimum absolute atomic E-state index is 0.00259. The predicted molar refractivity (Wildman–Crippen MR) is 83.3 cm³/mol. The Balaban J connectivity index is 1.88. The first-order valence-corrected chi connectivity index (χ1v) is 8.31. The predicted octanol–water partition coefficient (Wildman–Crippen LogP) is 3.23. The van der Waals surface area contributed by atoms with Crippen LogP contribution in [0, 0.1) is 16.7 Å². The zero-order valence-corrected chi connectivity index (χ0v) is 13.7. The molecule has 0 aliphatic heterocycles. The van der Waals surface area contributed by atoms with Gasteiger partial charge in [0.1, 0.15) is 0 Å². The van der Waals surface area contributed by atoms with Crippen molar-refractivity contribution in [1.82, 2.24) is 5.32 Å². The average Bonchev–Trinajstić information content (AvgIpc) is 2.63. The van der Waals surface area contributed by atoms with Gasteiger partial charge in [0, 0.05) is 29.3 Å². The molecule has 1 amide bonds. The Morgan fingerprint density at radius 3 is 2.05 bits per heavy atom. The van der Waals surface area contributed by atoms with Gasteiger partial charge in [-0.3, -0.25) is 4.79 Å². The van der Waals surface area contributed by atoms with Gasteiger partial charge in [-0.2, -0.15) is 0 Å². The van der Waals surface area contributed by atoms with E-state index in [0.717, 1.165) is 0 Å². The Bertz CT molecular complexity index is 338. The molecule has 2 aliphatic carbocycles. The zero-order chi connectivity index (χ0) is 15.0. The van der Waals surface area contributed by atoms with Crippen LogP contribution in [0.3, 0.4) is 0 Å². The molecule has 0 aromatic rings. The third kappa shape index (κ3) is 2.88. The maximum absolute atomic E-state index is 12.4. The molecule has 3 heteroatoms. The Morgan fingerprint density at radius 2 is 1.55 bits per heavy atom. The molecule has 116 valence electrons. The van der Waals surface area contributed by atoms with Gasteiger partial charge in [0.05, 0.1) is 0 Å². The molecule has 2 fully saturated rings. The van der Waals surface area contributed by atoms with Crippen molar-refractivity contribution in [3.05, 3.63) is 0 Å². The molecule has 2 rings (SSSR count). The van der Waals surface area contributed by atoms with Crippen molar-refractivity contribution >= 4 is 5.91 Å². The summed E-state index contributed by atoms with van der Waals surface area (Å²) in [6, 6.07) is 0.349. The van der Waals surface area contributed by atoms with Gasteiger partial charge >= 0.3 is 0 Å². The number of nitrogens with one attached hydrogen (secondary N) is 1. The molecule has 0 aromatic heterocycles. The molecule has 0 bridgehead atoms. The molecule has 2 aliphatic rings. The minimum Gasteiger partial charge on any atom is -0.352 e. The molecule has 0 unspecified atom stereocenters. The Hall–Kier alpha value is -0.570. The van der Waals surface area contributed by atoms with Crippen molar-refractivity contribution < 1.29 is 4.79 Å². The van der Waals surface area contributed by atoms with E-state index >= 15 is 0 Å². The molecule has 0 aromatic carbocycles. The van der Waals surface area contributed by atoms with Crippen LogP contribution in [-0.2, 0) is 4.79 Å². The number of hydrogen-bond acceptors (Lipinski definition) is 2. The summed E-state index contributed by atoms with van der Waals surface area (Å²) in [6.45, 7) is 8.66. The Kier molecular flexibility index (Phi) is 4.48. The topological polar surface area (TPSA) is 55.1 Å². The van der Waals surface area contributed by atoms with E-state index in [4.69, 9.17) is 5.73 Å². The summed E-state index contributed by atoms with van der Waals surface area (Å²) >= 11 is 0. The molecule has 20 heavy (non-hydrogen) atoms. The maximum atomic E-state index is 12.4. The quantitative estimate of drug-likeness (QED) is 0.780. The van der Waals surface area contributed by atoms with Crippen LogP contribution < -0.4 is 11.1 Å². The number of amides is 1. The summed E-state index contributed by atoms with van der Waals surface area (Å²) in [7, 11) is 0. The second kappa shape index (κ2) is 5.67. The van der Waals surface area contributed by atoms with E-state index in [-0.39, 0.29) is 28.8 Å². The van der Waals surface area contributed by atoms with Crippen LogP contribution in [0.5, 0.6) is 0 Å². The second-order valence-corrected chi connectivity index (χ2v) is 8.18. The Morgan fingerprint density at radius 1 is 1.05 bits per heavy atom. The highest BCUT2D eigenvalue weighted by molar-refractivity contribution is 5.77. The lowest BCUT2D eigenvalue weighted by atomic mass is 9.48. The van der Waals surface area contributed by atoms with Gasteiger partial charge in [-0.05, 0) is 18.8 Å². The lowest BCUT2D eigenvalue weighted by molar-refractivity contribution is -0.133. The number of carbonyl (C=O) groups excluding carboxylic acids is 1. The first-order chi connectivity index (χ1) is 9.26. The molecule has 0 radical (unpaired) electrons. The normalized spacial score (nSPS) is 33.0. The molecule has 0 atom stereocenters. The fourth-order valence-electron chi connectivity index (χ4n) is 4.60. The Labute approximate surface area is 124 Å². The fraction of sp³-hybridized carbons (Fsp3) is 0.941. The molecule has 0 spiro atoms. The summed E-state index contributed by atoms with van der Waals surface area (Å²) < 4.78 is 0. The molecular weight excluding hydrogens is 248 g/mol. The number of nitrogens with two attached hydrogens (primary N) is 1. The first-order valence-electron chi connectivity index (χ1n) is 8.31. The van der Waals surface area contributed by atoms with Crippen LogP contribution in [0.25, 0.3) is 0 Å². The smallest absolute Gasteiger partial charge is 0.220 e. The lowest BCUT2D eigenvalue weighted by Crippen LogP contribution is -2.76. The molecule has 3 N–H and O–H groups in total. The van der Waals surface area contributed by atoms with E-state index in [1.807, 2.05) is 0 Å². The average molecular weight is 280 g/mol. The van der Waals surface area contributed by atoms with Gasteiger partial charge in [0.2, 0.25) is 5.91 Å².